The van der Waals surface area contributed by atoms with Crippen molar-refractivity contribution in [3.63, 3.8) is 0 Å². The van der Waals surface area contributed by atoms with E-state index in [-0.39, 0.29) is 5.76 Å². The third-order valence-corrected chi connectivity index (χ3v) is 3.13. The number of aryl methyl sites for hydroxylation is 1. The lowest BCUT2D eigenvalue weighted by atomic mass is 10.0. The highest BCUT2D eigenvalue weighted by Crippen LogP contribution is 2.14. The molecule has 1 aromatic rings. The molecule has 0 amide bonds. The smallest absolute Gasteiger partial charge is 0.371 e. The van der Waals surface area contributed by atoms with Crippen molar-refractivity contribution >= 4 is 5.97 Å². The highest BCUT2D eigenvalue weighted by atomic mass is 16.4. The SMILES string of the molecule is CCC(CC)CNCc1cc(C(=O)O)oc1C. The fraction of sp³-hybridized carbons (Fsp3) is 0.615. The maximum absolute atomic E-state index is 10.7. The highest BCUT2D eigenvalue weighted by molar-refractivity contribution is 5.84. The van der Waals surface area contributed by atoms with Crippen LogP contribution in [0.3, 0.4) is 0 Å². The molecule has 1 aromatic heterocycles. The quantitative estimate of drug-likeness (QED) is 0.768. The van der Waals surface area contributed by atoms with Gasteiger partial charge in [-0.05, 0) is 25.5 Å². The third kappa shape index (κ3) is 3.89. The molecule has 0 saturated carbocycles. The van der Waals surface area contributed by atoms with Crippen molar-refractivity contribution < 1.29 is 14.3 Å². The Balaban J connectivity index is 2.49. The van der Waals surface area contributed by atoms with Crippen LogP contribution in [0.15, 0.2) is 10.5 Å². The van der Waals surface area contributed by atoms with Crippen molar-refractivity contribution in [2.75, 3.05) is 6.54 Å². The normalized spacial score (nSPS) is 11.1. The van der Waals surface area contributed by atoms with Crippen LogP contribution >= 0.6 is 0 Å². The number of aromatic carboxylic acids is 1. The molecule has 2 N–H and O–H groups in total. The van der Waals surface area contributed by atoms with Crippen molar-refractivity contribution in [2.24, 2.45) is 5.92 Å². The Kier molecular flexibility index (Phi) is 5.22. The van der Waals surface area contributed by atoms with Crippen LogP contribution in [0.25, 0.3) is 0 Å². The van der Waals surface area contributed by atoms with Gasteiger partial charge in [0.25, 0.3) is 0 Å². The van der Waals surface area contributed by atoms with Crippen molar-refractivity contribution in [3.05, 3.63) is 23.2 Å². The van der Waals surface area contributed by atoms with Gasteiger partial charge in [-0.1, -0.05) is 26.7 Å². The lowest BCUT2D eigenvalue weighted by molar-refractivity contribution is 0.0661. The summed E-state index contributed by atoms with van der Waals surface area (Å²) >= 11 is 0. The molecule has 0 spiro atoms. The first kappa shape index (κ1) is 13.8. The van der Waals surface area contributed by atoms with Crippen LogP contribution in [0.5, 0.6) is 0 Å². The Morgan fingerprint density at radius 3 is 2.59 bits per heavy atom. The lowest BCUT2D eigenvalue weighted by Crippen LogP contribution is -2.21. The summed E-state index contributed by atoms with van der Waals surface area (Å²) in [6.45, 7) is 7.78. The van der Waals surface area contributed by atoms with E-state index >= 15 is 0 Å². The van der Waals surface area contributed by atoms with E-state index in [2.05, 4.69) is 19.2 Å². The molecule has 0 aliphatic heterocycles. The van der Waals surface area contributed by atoms with E-state index in [0.717, 1.165) is 24.9 Å². The average molecular weight is 239 g/mol. The van der Waals surface area contributed by atoms with Crippen molar-refractivity contribution in [1.29, 1.82) is 0 Å². The Morgan fingerprint density at radius 1 is 1.47 bits per heavy atom. The highest BCUT2D eigenvalue weighted by Gasteiger charge is 2.12. The summed E-state index contributed by atoms with van der Waals surface area (Å²) in [5, 5.41) is 12.1. The Hall–Kier alpha value is -1.29. The van der Waals surface area contributed by atoms with Crippen LogP contribution in [0.4, 0.5) is 0 Å². The minimum atomic E-state index is -1.01. The lowest BCUT2D eigenvalue weighted by Gasteiger charge is -2.12. The summed E-state index contributed by atoms with van der Waals surface area (Å²) in [5.74, 6) is 0.363. The molecular weight excluding hydrogens is 218 g/mol. The summed E-state index contributed by atoms with van der Waals surface area (Å²) in [5.41, 5.74) is 0.924. The molecule has 0 radical (unpaired) electrons. The second-order valence-electron chi connectivity index (χ2n) is 4.31. The third-order valence-electron chi connectivity index (χ3n) is 3.13. The number of carboxylic acids is 1. The molecule has 0 aliphatic rings. The van der Waals surface area contributed by atoms with Gasteiger partial charge in [-0.3, -0.25) is 0 Å². The molecule has 1 heterocycles. The molecule has 0 unspecified atom stereocenters. The van der Waals surface area contributed by atoms with E-state index in [1.54, 1.807) is 13.0 Å². The van der Waals surface area contributed by atoms with Crippen molar-refractivity contribution in [1.82, 2.24) is 5.32 Å². The van der Waals surface area contributed by atoms with E-state index < -0.39 is 5.97 Å². The molecule has 0 saturated heterocycles. The van der Waals surface area contributed by atoms with Gasteiger partial charge in [0.05, 0.1) is 0 Å². The van der Waals surface area contributed by atoms with Gasteiger partial charge in [0, 0.05) is 12.1 Å². The summed E-state index contributed by atoms with van der Waals surface area (Å²) in [4.78, 5) is 10.7. The fourth-order valence-electron chi connectivity index (χ4n) is 1.79. The zero-order valence-electron chi connectivity index (χ0n) is 10.7. The Bertz CT molecular complexity index is 367. The largest absolute Gasteiger partial charge is 0.475 e. The van der Waals surface area contributed by atoms with Crippen LogP contribution in [0.1, 0.15) is 48.6 Å². The number of carboxylic acid groups (broad SMARTS) is 1. The van der Waals surface area contributed by atoms with E-state index in [1.807, 2.05) is 0 Å². The second-order valence-corrected chi connectivity index (χ2v) is 4.31. The van der Waals surface area contributed by atoms with E-state index in [1.165, 1.54) is 0 Å². The summed E-state index contributed by atoms with van der Waals surface area (Å²) in [6, 6.07) is 1.59. The van der Waals surface area contributed by atoms with Gasteiger partial charge in [-0.15, -0.1) is 0 Å². The van der Waals surface area contributed by atoms with Gasteiger partial charge >= 0.3 is 5.97 Å². The fourth-order valence-corrected chi connectivity index (χ4v) is 1.79. The van der Waals surface area contributed by atoms with E-state index in [9.17, 15) is 4.79 Å². The van der Waals surface area contributed by atoms with Crippen LogP contribution < -0.4 is 5.32 Å². The number of furan rings is 1. The average Bonchev–Trinajstić information content (AvgIpc) is 2.67. The number of rotatable bonds is 7. The predicted octanol–water partition coefficient (Wildman–Crippen LogP) is 2.81. The second kappa shape index (κ2) is 6.45. The Labute approximate surface area is 102 Å². The molecule has 0 atom stereocenters. The molecule has 0 aliphatic carbocycles. The summed E-state index contributed by atoms with van der Waals surface area (Å²) in [7, 11) is 0. The summed E-state index contributed by atoms with van der Waals surface area (Å²) < 4.78 is 5.15. The van der Waals surface area contributed by atoms with Crippen LogP contribution in [-0.4, -0.2) is 17.6 Å². The minimum Gasteiger partial charge on any atom is -0.475 e. The minimum absolute atomic E-state index is 0.0156. The maximum Gasteiger partial charge on any atom is 0.371 e. The zero-order chi connectivity index (χ0) is 12.8. The van der Waals surface area contributed by atoms with Gasteiger partial charge < -0.3 is 14.8 Å². The number of hydrogen-bond donors (Lipinski definition) is 2. The summed E-state index contributed by atoms with van der Waals surface area (Å²) in [6.07, 6.45) is 2.32. The molecule has 0 bridgehead atoms. The monoisotopic (exact) mass is 239 g/mol. The molecule has 0 fully saturated rings. The maximum atomic E-state index is 10.7. The zero-order valence-corrected chi connectivity index (χ0v) is 10.7. The van der Waals surface area contributed by atoms with Gasteiger partial charge in [0.2, 0.25) is 5.76 Å². The van der Waals surface area contributed by atoms with Gasteiger partial charge in [0.1, 0.15) is 5.76 Å². The molecule has 4 nitrogen and oxygen atoms in total. The molecule has 0 aromatic carbocycles. The van der Waals surface area contributed by atoms with E-state index in [0.29, 0.717) is 18.2 Å². The van der Waals surface area contributed by atoms with E-state index in [4.69, 9.17) is 9.52 Å². The molecule has 17 heavy (non-hydrogen) atoms. The van der Waals surface area contributed by atoms with Crippen molar-refractivity contribution in [2.45, 2.75) is 40.2 Å². The first-order chi connectivity index (χ1) is 8.08. The molecule has 4 heteroatoms. The number of nitrogens with one attached hydrogen (secondary N) is 1. The van der Waals surface area contributed by atoms with Crippen LogP contribution in [-0.2, 0) is 6.54 Å². The van der Waals surface area contributed by atoms with Crippen molar-refractivity contribution in [3.8, 4) is 0 Å². The molecule has 96 valence electrons. The first-order valence-corrected chi connectivity index (χ1v) is 6.11. The predicted molar refractivity (Wildman–Crippen MR) is 66.2 cm³/mol. The molecular formula is C13H21NO3. The number of hydrogen-bond acceptors (Lipinski definition) is 3. The van der Waals surface area contributed by atoms with Gasteiger partial charge in [0.15, 0.2) is 0 Å². The first-order valence-electron chi connectivity index (χ1n) is 6.11. The number of carbonyl (C=O) groups is 1. The topological polar surface area (TPSA) is 62.5 Å². The van der Waals surface area contributed by atoms with Crippen LogP contribution in [0, 0.1) is 12.8 Å². The standard InChI is InChI=1S/C13H21NO3/c1-4-10(5-2)7-14-8-11-6-12(13(15)16)17-9(11)3/h6,10,14H,4-5,7-8H2,1-3H3,(H,15,16). The van der Waals surface area contributed by atoms with Gasteiger partial charge in [-0.25, -0.2) is 4.79 Å². The van der Waals surface area contributed by atoms with Gasteiger partial charge in [-0.2, -0.15) is 0 Å². The Morgan fingerprint density at radius 2 is 2.12 bits per heavy atom. The van der Waals surface area contributed by atoms with Crippen LogP contribution in [0.2, 0.25) is 0 Å². The molecule has 1 rings (SSSR count).